The second-order valence-corrected chi connectivity index (χ2v) is 3.35. The van der Waals surface area contributed by atoms with Gasteiger partial charge in [0.05, 0.1) is 5.75 Å². The van der Waals surface area contributed by atoms with E-state index >= 15 is 0 Å². The SMILES string of the molecule is NCCCCS(=O)(=O)O.[H-].[Li+]. The minimum absolute atomic E-state index is 0. The van der Waals surface area contributed by atoms with Crippen LogP contribution in [0, 0.1) is 0 Å². The Bertz CT molecular complexity index is 161. The van der Waals surface area contributed by atoms with E-state index < -0.39 is 10.1 Å². The van der Waals surface area contributed by atoms with Crippen LogP contribution >= 0.6 is 0 Å². The standard InChI is InChI=1S/C4H11NO3S.Li.H/c5-3-1-2-4-9(6,7)8;;/h1-5H2,(H,6,7,8);;/q;+1;-1. The molecule has 0 aromatic carbocycles. The van der Waals surface area contributed by atoms with E-state index in [1.54, 1.807) is 0 Å². The molecule has 0 radical (unpaired) electrons. The summed E-state index contributed by atoms with van der Waals surface area (Å²) in [6, 6.07) is 0. The number of hydrogen-bond donors (Lipinski definition) is 2. The molecule has 0 aromatic rings. The smallest absolute Gasteiger partial charge is 1.00 e. The average Bonchev–Trinajstić information content (AvgIpc) is 1.63. The van der Waals surface area contributed by atoms with Crippen LogP contribution in [0.4, 0.5) is 0 Å². The Balaban J connectivity index is -0.000000320. The zero-order chi connectivity index (χ0) is 7.33. The molecule has 58 valence electrons. The molecule has 6 heteroatoms. The maximum atomic E-state index is 10.0. The largest absolute Gasteiger partial charge is 1.00 e. The van der Waals surface area contributed by atoms with E-state index in [0.29, 0.717) is 19.4 Å². The van der Waals surface area contributed by atoms with Crippen molar-refractivity contribution in [3.8, 4) is 0 Å². The van der Waals surface area contributed by atoms with Gasteiger partial charge >= 0.3 is 18.9 Å². The van der Waals surface area contributed by atoms with Crippen LogP contribution in [0.2, 0.25) is 0 Å². The molecule has 0 bridgehead atoms. The van der Waals surface area contributed by atoms with Crippen molar-refractivity contribution in [1.82, 2.24) is 0 Å². The van der Waals surface area contributed by atoms with E-state index in [1.165, 1.54) is 0 Å². The van der Waals surface area contributed by atoms with Gasteiger partial charge in [-0.15, -0.1) is 0 Å². The van der Waals surface area contributed by atoms with E-state index in [9.17, 15) is 8.42 Å². The van der Waals surface area contributed by atoms with Crippen molar-refractivity contribution < 1.29 is 33.3 Å². The summed E-state index contributed by atoms with van der Waals surface area (Å²) in [6.45, 7) is 0.468. The molecule has 0 rings (SSSR count). The van der Waals surface area contributed by atoms with Crippen molar-refractivity contribution >= 4 is 10.1 Å². The molecule has 10 heavy (non-hydrogen) atoms. The maximum Gasteiger partial charge on any atom is 1.00 e. The van der Waals surface area contributed by atoms with Crippen LogP contribution in [0.15, 0.2) is 0 Å². The first kappa shape index (κ1) is 13.1. The summed E-state index contributed by atoms with van der Waals surface area (Å²) in [6.07, 6.45) is 1.08. The van der Waals surface area contributed by atoms with Gasteiger partial charge in [0.2, 0.25) is 0 Å². The van der Waals surface area contributed by atoms with Crippen molar-refractivity contribution in [1.29, 1.82) is 0 Å². The fourth-order valence-electron chi connectivity index (χ4n) is 0.429. The molecule has 0 spiro atoms. The van der Waals surface area contributed by atoms with E-state index in [2.05, 4.69) is 0 Å². The first-order valence-corrected chi connectivity index (χ1v) is 4.32. The first-order chi connectivity index (χ1) is 4.06. The summed E-state index contributed by atoms with van der Waals surface area (Å²) in [4.78, 5) is 0. The minimum Gasteiger partial charge on any atom is -1.00 e. The van der Waals surface area contributed by atoms with Crippen LogP contribution < -0.4 is 24.6 Å². The summed E-state index contributed by atoms with van der Waals surface area (Å²) in [5.74, 6) is -0.176. The molecule has 0 fully saturated rings. The number of nitrogens with two attached hydrogens (primary N) is 1. The summed E-state index contributed by atoms with van der Waals surface area (Å²) in [5.41, 5.74) is 5.08. The van der Waals surface area contributed by atoms with E-state index in [0.717, 1.165) is 0 Å². The fourth-order valence-corrected chi connectivity index (χ4v) is 0.998. The molecular formula is C4H12LiNO3S. The predicted octanol–water partition coefficient (Wildman–Crippen LogP) is -3.27. The van der Waals surface area contributed by atoms with Gasteiger partial charge in [0.1, 0.15) is 0 Å². The molecular weight excluding hydrogens is 149 g/mol. The fraction of sp³-hybridized carbons (Fsp3) is 1.00. The van der Waals surface area contributed by atoms with Crippen molar-refractivity contribution in [3.63, 3.8) is 0 Å². The Morgan fingerprint density at radius 3 is 2.20 bits per heavy atom. The number of hydrogen-bond acceptors (Lipinski definition) is 3. The van der Waals surface area contributed by atoms with Gasteiger partial charge in [-0.25, -0.2) is 0 Å². The zero-order valence-electron chi connectivity index (χ0n) is 7.08. The summed E-state index contributed by atoms with van der Waals surface area (Å²) >= 11 is 0. The zero-order valence-corrected chi connectivity index (χ0v) is 6.89. The molecule has 0 aliphatic heterocycles. The Morgan fingerprint density at radius 1 is 1.40 bits per heavy atom. The second kappa shape index (κ2) is 6.20. The topological polar surface area (TPSA) is 80.4 Å². The maximum absolute atomic E-state index is 10.0. The molecule has 4 nitrogen and oxygen atoms in total. The molecule has 0 aromatic heterocycles. The third kappa shape index (κ3) is 11.3. The molecule has 0 atom stereocenters. The van der Waals surface area contributed by atoms with Crippen LogP contribution in [0.5, 0.6) is 0 Å². The van der Waals surface area contributed by atoms with Gasteiger partial charge in [-0.1, -0.05) is 0 Å². The predicted molar refractivity (Wildman–Crippen MR) is 35.8 cm³/mol. The third-order valence-corrected chi connectivity index (χ3v) is 1.66. The van der Waals surface area contributed by atoms with Gasteiger partial charge in [0, 0.05) is 0 Å². The molecule has 0 amide bonds. The first-order valence-electron chi connectivity index (χ1n) is 2.71. The summed E-state index contributed by atoms with van der Waals surface area (Å²) in [7, 11) is -3.75. The van der Waals surface area contributed by atoms with Crippen LogP contribution in [0.3, 0.4) is 0 Å². The van der Waals surface area contributed by atoms with Crippen molar-refractivity contribution in [2.75, 3.05) is 12.3 Å². The second-order valence-electron chi connectivity index (χ2n) is 1.78. The Hall–Kier alpha value is 0.467. The molecule has 0 heterocycles. The van der Waals surface area contributed by atoms with Gasteiger partial charge in [-0.05, 0) is 19.4 Å². The van der Waals surface area contributed by atoms with Crippen LogP contribution in [-0.2, 0) is 10.1 Å². The van der Waals surface area contributed by atoms with Gasteiger partial charge in [0.25, 0.3) is 10.1 Å². The van der Waals surface area contributed by atoms with Crippen LogP contribution in [-0.4, -0.2) is 25.3 Å². The normalized spacial score (nSPS) is 10.6. The monoisotopic (exact) mass is 161 g/mol. The van der Waals surface area contributed by atoms with Crippen molar-refractivity contribution in [3.05, 3.63) is 0 Å². The molecule has 0 saturated carbocycles. The molecule has 0 aliphatic carbocycles. The Morgan fingerprint density at radius 2 is 1.90 bits per heavy atom. The van der Waals surface area contributed by atoms with Crippen LogP contribution in [0.25, 0.3) is 0 Å². The van der Waals surface area contributed by atoms with E-state index in [1.807, 2.05) is 0 Å². The van der Waals surface area contributed by atoms with Crippen molar-refractivity contribution in [2.24, 2.45) is 5.73 Å². The Labute approximate surface area is 74.6 Å². The Kier molecular flexibility index (Phi) is 8.11. The van der Waals surface area contributed by atoms with Crippen LogP contribution in [0.1, 0.15) is 14.3 Å². The third-order valence-electron chi connectivity index (χ3n) is 0.856. The summed E-state index contributed by atoms with van der Waals surface area (Å²) < 4.78 is 28.2. The number of rotatable bonds is 4. The summed E-state index contributed by atoms with van der Waals surface area (Å²) in [5, 5.41) is 0. The quantitative estimate of drug-likeness (QED) is 0.257. The molecule has 0 saturated heterocycles. The minimum atomic E-state index is -3.75. The molecule has 3 N–H and O–H groups in total. The van der Waals surface area contributed by atoms with Gasteiger partial charge in [0.15, 0.2) is 0 Å². The van der Waals surface area contributed by atoms with Crippen molar-refractivity contribution in [2.45, 2.75) is 12.8 Å². The van der Waals surface area contributed by atoms with Gasteiger partial charge in [-0.2, -0.15) is 8.42 Å². The van der Waals surface area contributed by atoms with E-state index in [4.69, 9.17) is 10.3 Å². The van der Waals surface area contributed by atoms with Gasteiger partial charge < -0.3 is 7.16 Å². The number of unbranched alkanes of at least 4 members (excludes halogenated alkanes) is 1. The molecule has 0 aliphatic rings. The average molecular weight is 161 g/mol. The molecule has 0 unspecified atom stereocenters. The van der Waals surface area contributed by atoms with E-state index in [-0.39, 0.29) is 26.0 Å². The van der Waals surface area contributed by atoms with Gasteiger partial charge in [-0.3, -0.25) is 4.55 Å².